The van der Waals surface area contributed by atoms with Crippen LogP contribution in [0.25, 0.3) is 0 Å². The van der Waals surface area contributed by atoms with Crippen LogP contribution in [0.5, 0.6) is 5.75 Å². The molecule has 7 nitrogen and oxygen atoms in total. The quantitative estimate of drug-likeness (QED) is 0.591. The molecule has 2 aromatic rings. The first kappa shape index (κ1) is 18.5. The van der Waals surface area contributed by atoms with Crippen molar-refractivity contribution in [2.45, 2.75) is 18.9 Å². The highest BCUT2D eigenvalue weighted by Crippen LogP contribution is 2.22. The molecule has 2 aromatic carbocycles. The fourth-order valence-electron chi connectivity index (χ4n) is 2.75. The van der Waals surface area contributed by atoms with Crippen LogP contribution in [-0.4, -0.2) is 30.9 Å². The lowest BCUT2D eigenvalue weighted by atomic mass is 10.1. The molecule has 1 saturated heterocycles. The summed E-state index contributed by atoms with van der Waals surface area (Å²) in [5, 5.41) is 0. The van der Waals surface area contributed by atoms with Crippen molar-refractivity contribution in [3.8, 4) is 5.75 Å². The van der Waals surface area contributed by atoms with Gasteiger partial charge in [-0.1, -0.05) is 12.1 Å². The average molecular weight is 371 g/mol. The van der Waals surface area contributed by atoms with E-state index in [1.54, 1.807) is 31.4 Å². The SMILES string of the molecule is COc1ccc(CC(=O)NNC2CC(=O)N(c3ccc(F)cc3)C2=O)cc1. The van der Waals surface area contributed by atoms with Crippen molar-refractivity contribution in [3.05, 3.63) is 59.9 Å². The number of hydrazine groups is 1. The second-order valence-corrected chi connectivity index (χ2v) is 6.02. The van der Waals surface area contributed by atoms with Gasteiger partial charge in [-0.25, -0.2) is 14.7 Å². The Morgan fingerprint density at radius 2 is 1.81 bits per heavy atom. The van der Waals surface area contributed by atoms with Gasteiger partial charge in [-0.05, 0) is 42.0 Å². The fraction of sp³-hybridized carbons (Fsp3) is 0.211. The smallest absolute Gasteiger partial charge is 0.253 e. The third kappa shape index (κ3) is 4.29. The van der Waals surface area contributed by atoms with Crippen LogP contribution in [0.2, 0.25) is 0 Å². The van der Waals surface area contributed by atoms with Crippen LogP contribution in [0, 0.1) is 5.82 Å². The summed E-state index contributed by atoms with van der Waals surface area (Å²) in [5.74, 6) is -1.04. The molecule has 1 heterocycles. The van der Waals surface area contributed by atoms with Crippen molar-refractivity contribution in [1.29, 1.82) is 0 Å². The summed E-state index contributed by atoms with van der Waals surface area (Å²) >= 11 is 0. The minimum Gasteiger partial charge on any atom is -0.497 e. The Morgan fingerprint density at radius 3 is 2.44 bits per heavy atom. The molecule has 1 aliphatic heterocycles. The van der Waals surface area contributed by atoms with Crippen LogP contribution >= 0.6 is 0 Å². The topological polar surface area (TPSA) is 87.7 Å². The van der Waals surface area contributed by atoms with E-state index in [0.29, 0.717) is 11.4 Å². The van der Waals surface area contributed by atoms with Gasteiger partial charge in [0, 0.05) is 0 Å². The first-order chi connectivity index (χ1) is 13.0. The van der Waals surface area contributed by atoms with E-state index in [9.17, 15) is 18.8 Å². The predicted molar refractivity (Wildman–Crippen MR) is 95.3 cm³/mol. The summed E-state index contributed by atoms with van der Waals surface area (Å²) in [4.78, 5) is 37.6. The maximum Gasteiger partial charge on any atom is 0.253 e. The molecule has 3 rings (SSSR count). The Labute approximate surface area is 155 Å². The molecule has 1 aliphatic rings. The molecule has 0 bridgehead atoms. The van der Waals surface area contributed by atoms with E-state index in [1.807, 2.05) is 0 Å². The van der Waals surface area contributed by atoms with Crippen LogP contribution < -0.4 is 20.5 Å². The largest absolute Gasteiger partial charge is 0.497 e. The number of amides is 3. The van der Waals surface area contributed by atoms with E-state index < -0.39 is 23.7 Å². The minimum atomic E-state index is -0.873. The summed E-state index contributed by atoms with van der Waals surface area (Å²) in [6, 6.07) is 11.2. The van der Waals surface area contributed by atoms with E-state index >= 15 is 0 Å². The van der Waals surface area contributed by atoms with Crippen molar-refractivity contribution in [3.63, 3.8) is 0 Å². The van der Waals surface area contributed by atoms with Gasteiger partial charge >= 0.3 is 0 Å². The van der Waals surface area contributed by atoms with Crippen molar-refractivity contribution in [1.82, 2.24) is 10.9 Å². The zero-order valence-corrected chi connectivity index (χ0v) is 14.6. The van der Waals surface area contributed by atoms with Crippen LogP contribution in [0.1, 0.15) is 12.0 Å². The molecule has 27 heavy (non-hydrogen) atoms. The standard InChI is InChI=1S/C19H18FN3O4/c1-27-15-8-2-12(3-9-15)10-17(24)22-21-16-11-18(25)23(19(16)26)14-6-4-13(20)5-7-14/h2-9,16,21H,10-11H2,1H3,(H,22,24). The molecule has 1 fully saturated rings. The van der Waals surface area contributed by atoms with E-state index in [-0.39, 0.29) is 18.7 Å². The summed E-state index contributed by atoms with van der Waals surface area (Å²) in [6.07, 6.45) is 0.00650. The van der Waals surface area contributed by atoms with Gasteiger partial charge in [-0.2, -0.15) is 0 Å². The molecule has 0 aliphatic carbocycles. The van der Waals surface area contributed by atoms with Crippen molar-refractivity contribution in [2.24, 2.45) is 0 Å². The number of carbonyl (C=O) groups is 3. The summed E-state index contributed by atoms with van der Waals surface area (Å²) in [7, 11) is 1.56. The molecule has 0 saturated carbocycles. The molecule has 1 atom stereocenters. The van der Waals surface area contributed by atoms with Gasteiger partial charge in [0.25, 0.3) is 5.91 Å². The molecule has 0 aromatic heterocycles. The number of hydrogen-bond donors (Lipinski definition) is 2. The second kappa shape index (κ2) is 7.96. The highest BCUT2D eigenvalue weighted by atomic mass is 19.1. The van der Waals surface area contributed by atoms with Gasteiger partial charge in [0.1, 0.15) is 17.6 Å². The van der Waals surface area contributed by atoms with Gasteiger partial charge in [-0.15, -0.1) is 0 Å². The molecule has 3 amide bonds. The van der Waals surface area contributed by atoms with Gasteiger partial charge in [0.15, 0.2) is 0 Å². The van der Waals surface area contributed by atoms with E-state index in [1.165, 1.54) is 24.3 Å². The Bertz CT molecular complexity index is 852. The third-order valence-electron chi connectivity index (χ3n) is 4.14. The number of carbonyl (C=O) groups excluding carboxylic acids is 3. The second-order valence-electron chi connectivity index (χ2n) is 6.02. The Balaban J connectivity index is 1.56. The van der Waals surface area contributed by atoms with Crippen molar-refractivity contribution < 1.29 is 23.5 Å². The van der Waals surface area contributed by atoms with Gasteiger partial charge in [0.05, 0.1) is 25.6 Å². The Kier molecular flexibility index (Phi) is 5.46. The van der Waals surface area contributed by atoms with Crippen LogP contribution in [0.15, 0.2) is 48.5 Å². The number of anilines is 1. The molecule has 140 valence electrons. The fourth-order valence-corrected chi connectivity index (χ4v) is 2.75. The molecule has 0 radical (unpaired) electrons. The maximum atomic E-state index is 13.0. The maximum absolute atomic E-state index is 13.0. The van der Waals surface area contributed by atoms with Crippen molar-refractivity contribution in [2.75, 3.05) is 12.0 Å². The number of benzene rings is 2. The molecule has 1 unspecified atom stereocenters. The Hall–Kier alpha value is -3.26. The average Bonchev–Trinajstić information content (AvgIpc) is 2.95. The van der Waals surface area contributed by atoms with E-state index in [0.717, 1.165) is 10.5 Å². The summed E-state index contributed by atoms with van der Waals surface area (Å²) in [6.45, 7) is 0. The first-order valence-electron chi connectivity index (χ1n) is 8.27. The number of halogens is 1. The lowest BCUT2D eigenvalue weighted by Crippen LogP contribution is -2.48. The first-order valence-corrected chi connectivity index (χ1v) is 8.27. The summed E-state index contributed by atoms with van der Waals surface area (Å²) in [5.41, 5.74) is 6.13. The highest BCUT2D eigenvalue weighted by Gasteiger charge is 2.39. The number of hydrogen-bond acceptors (Lipinski definition) is 5. The molecule has 2 N–H and O–H groups in total. The molecule has 0 spiro atoms. The zero-order chi connectivity index (χ0) is 19.4. The van der Waals surface area contributed by atoms with Gasteiger partial charge in [-0.3, -0.25) is 19.8 Å². The number of methoxy groups -OCH3 is 1. The number of nitrogens with one attached hydrogen (secondary N) is 2. The highest BCUT2D eigenvalue weighted by molar-refractivity contribution is 6.22. The van der Waals surface area contributed by atoms with E-state index in [2.05, 4.69) is 10.9 Å². The number of rotatable bonds is 6. The van der Waals surface area contributed by atoms with Gasteiger partial charge < -0.3 is 4.74 Å². The molecule has 8 heteroatoms. The number of nitrogens with zero attached hydrogens (tertiary/aromatic N) is 1. The predicted octanol–water partition coefficient (Wildman–Crippen LogP) is 1.33. The monoisotopic (exact) mass is 371 g/mol. The normalized spacial score (nSPS) is 16.5. The van der Waals surface area contributed by atoms with Crippen LogP contribution in [-0.2, 0) is 20.8 Å². The van der Waals surface area contributed by atoms with Crippen LogP contribution in [0.3, 0.4) is 0 Å². The lowest BCUT2D eigenvalue weighted by molar-refractivity contribution is -0.122. The number of ether oxygens (including phenoxy) is 1. The lowest BCUT2D eigenvalue weighted by Gasteiger charge is -2.16. The van der Waals surface area contributed by atoms with E-state index in [4.69, 9.17) is 4.74 Å². The van der Waals surface area contributed by atoms with Crippen LogP contribution in [0.4, 0.5) is 10.1 Å². The number of imide groups is 1. The summed E-state index contributed by atoms with van der Waals surface area (Å²) < 4.78 is 18.1. The van der Waals surface area contributed by atoms with Gasteiger partial charge in [0.2, 0.25) is 11.8 Å². The molecular formula is C19H18FN3O4. The Morgan fingerprint density at radius 1 is 1.15 bits per heavy atom. The molecular weight excluding hydrogens is 353 g/mol. The zero-order valence-electron chi connectivity index (χ0n) is 14.6. The third-order valence-corrected chi connectivity index (χ3v) is 4.14. The van der Waals surface area contributed by atoms with Crippen molar-refractivity contribution >= 4 is 23.4 Å². The minimum absolute atomic E-state index is 0.0982.